The maximum Gasteiger partial charge on any atom is 0.229 e. The first kappa shape index (κ1) is 37.5. The number of aryl methyl sites for hydroxylation is 2. The lowest BCUT2D eigenvalue weighted by Crippen LogP contribution is -2.21. The smallest absolute Gasteiger partial charge is 0.229 e. The third-order valence-corrected chi connectivity index (χ3v) is 5.63. The van der Waals surface area contributed by atoms with Gasteiger partial charge in [-0.1, -0.05) is 64.4 Å². The highest BCUT2D eigenvalue weighted by Crippen LogP contribution is 2.35. The van der Waals surface area contributed by atoms with E-state index in [4.69, 9.17) is 25.9 Å². The number of hydrogen-bond acceptors (Lipinski definition) is 8. The van der Waals surface area contributed by atoms with Gasteiger partial charge < -0.3 is 30.3 Å². The molecule has 1 aromatic heterocycles. The van der Waals surface area contributed by atoms with E-state index in [0.717, 1.165) is 41.6 Å². The van der Waals surface area contributed by atoms with E-state index in [1.165, 1.54) is 11.1 Å². The van der Waals surface area contributed by atoms with Crippen molar-refractivity contribution in [2.75, 3.05) is 17.2 Å². The summed E-state index contributed by atoms with van der Waals surface area (Å²) in [4.78, 5) is 25.0. The number of benzene rings is 2. The van der Waals surface area contributed by atoms with Crippen LogP contribution >= 0.6 is 11.6 Å². The molecule has 1 atom stereocenters. The average Bonchev–Trinajstić information content (AvgIpc) is 2.93. The van der Waals surface area contributed by atoms with Crippen molar-refractivity contribution < 1.29 is 14.3 Å². The van der Waals surface area contributed by atoms with Crippen molar-refractivity contribution in [1.29, 1.82) is 0 Å². The molecule has 0 aliphatic heterocycles. The van der Waals surface area contributed by atoms with Crippen LogP contribution in [0.2, 0.25) is 5.02 Å². The number of nitrogens with one attached hydrogen (secondary N) is 3. The molecule has 0 bridgehead atoms. The van der Waals surface area contributed by atoms with Gasteiger partial charge in [-0.15, -0.1) is 0 Å². The van der Waals surface area contributed by atoms with Crippen molar-refractivity contribution in [3.63, 3.8) is 0 Å². The van der Waals surface area contributed by atoms with E-state index in [2.05, 4.69) is 79.6 Å². The number of nitrogens with zero attached hydrogens (tertiary/aromatic N) is 2. The van der Waals surface area contributed by atoms with Gasteiger partial charge in [-0.25, -0.2) is 4.98 Å². The highest BCUT2D eigenvalue weighted by Gasteiger charge is 2.17. The van der Waals surface area contributed by atoms with Gasteiger partial charge in [-0.2, -0.15) is 4.98 Å². The van der Waals surface area contributed by atoms with Crippen LogP contribution in [0.15, 0.2) is 42.6 Å². The van der Waals surface area contributed by atoms with Crippen molar-refractivity contribution in [1.82, 2.24) is 15.3 Å². The predicted molar refractivity (Wildman–Crippen MR) is 173 cm³/mol. The zero-order chi connectivity index (χ0) is 31.5. The van der Waals surface area contributed by atoms with Crippen LogP contribution in [0.1, 0.15) is 77.6 Å². The zero-order valence-corrected chi connectivity index (χ0v) is 26.9. The molecule has 0 spiro atoms. The molecule has 0 saturated heterocycles. The number of rotatable bonds is 10. The van der Waals surface area contributed by atoms with Gasteiger partial charge >= 0.3 is 0 Å². The molecule has 3 N–H and O–H groups in total. The second kappa shape index (κ2) is 20.4. The molecule has 3 rings (SSSR count). The van der Waals surface area contributed by atoms with Crippen molar-refractivity contribution in [2.45, 2.75) is 80.9 Å². The van der Waals surface area contributed by atoms with Crippen LogP contribution in [0.25, 0.3) is 0 Å². The van der Waals surface area contributed by atoms with E-state index >= 15 is 0 Å². The first-order chi connectivity index (χ1) is 19.5. The maximum atomic E-state index is 8.00. The number of aromatic nitrogens is 2. The van der Waals surface area contributed by atoms with Gasteiger partial charge in [0.05, 0.1) is 18.0 Å². The highest BCUT2D eigenvalue weighted by atomic mass is 35.5. The van der Waals surface area contributed by atoms with Gasteiger partial charge in [0.25, 0.3) is 0 Å². The van der Waals surface area contributed by atoms with E-state index in [0.29, 0.717) is 16.8 Å². The fraction of sp³-hybridized carbons (Fsp3) is 0.438. The summed E-state index contributed by atoms with van der Waals surface area (Å²) < 4.78 is 6.16. The molecule has 41 heavy (non-hydrogen) atoms. The summed E-state index contributed by atoms with van der Waals surface area (Å²) in [5.41, 5.74) is 5.28. The van der Waals surface area contributed by atoms with Crippen LogP contribution in [-0.4, -0.2) is 36.2 Å². The van der Waals surface area contributed by atoms with Crippen LogP contribution < -0.4 is 20.7 Å². The molecule has 2 aromatic carbocycles. The summed E-state index contributed by atoms with van der Waals surface area (Å²) in [6, 6.07) is 12.5. The van der Waals surface area contributed by atoms with Gasteiger partial charge in [-0.05, 0) is 81.5 Å². The number of ether oxygens (including phenoxy) is 1. The molecular formula is C32H48ClN5O3. The minimum Gasteiger partial charge on any atom is -0.489 e. The summed E-state index contributed by atoms with van der Waals surface area (Å²) in [5, 5.41) is 10.7. The fourth-order valence-corrected chi connectivity index (χ4v) is 3.86. The molecule has 8 nitrogen and oxygen atoms in total. The minimum absolute atomic E-state index is 0.0322. The van der Waals surface area contributed by atoms with Crippen LogP contribution in [0, 0.1) is 19.8 Å². The first-order valence-electron chi connectivity index (χ1n) is 13.8. The third-order valence-electron chi connectivity index (χ3n) is 5.35. The standard InChI is InChI=1S/C26H34ClN5O.C4H10.2CH2O/c1-7-21(28-8-2)19-14-24(33-16(3)4)23(13-18(19)6)31-26-29-15-20(27)25(32-26)30-22-12-10-9-11-17(22)5;1-4(2)3;2*1-2/h9-16,21,28H,7-8H2,1-6H3,(H2,29,30,31,32);4H,1-3H3;2*1H2. The normalized spacial score (nSPS) is 10.7. The number of carbonyl (C=O) groups is 2. The molecule has 226 valence electrons. The SMILES string of the molecule is C=O.C=O.CC(C)C.CCNC(CC)c1cc(OC(C)C)c(Nc2ncc(Cl)c(Nc3ccccc3C)n2)cc1C. The summed E-state index contributed by atoms with van der Waals surface area (Å²) in [7, 11) is 0. The van der Waals surface area contributed by atoms with Crippen molar-refractivity contribution in [3.8, 4) is 5.75 Å². The number of carbonyl (C=O) groups excluding carboxylic acids is 2. The molecule has 0 saturated carbocycles. The van der Waals surface area contributed by atoms with Gasteiger partial charge in [-0.3, -0.25) is 0 Å². The van der Waals surface area contributed by atoms with Crippen LogP contribution in [0.3, 0.4) is 0 Å². The summed E-state index contributed by atoms with van der Waals surface area (Å²) >= 11 is 6.38. The van der Waals surface area contributed by atoms with Gasteiger partial charge in [0.1, 0.15) is 24.4 Å². The maximum absolute atomic E-state index is 8.00. The Morgan fingerprint density at radius 2 is 1.51 bits per heavy atom. The first-order valence-corrected chi connectivity index (χ1v) is 14.2. The lowest BCUT2D eigenvalue weighted by molar-refractivity contribution is -0.0987. The molecule has 0 amide bonds. The Kier molecular flexibility index (Phi) is 18.7. The summed E-state index contributed by atoms with van der Waals surface area (Å²) in [6.07, 6.45) is 2.63. The molecular weight excluding hydrogens is 538 g/mol. The van der Waals surface area contributed by atoms with Crippen LogP contribution in [0.5, 0.6) is 5.75 Å². The predicted octanol–water partition coefficient (Wildman–Crippen LogP) is 8.37. The van der Waals surface area contributed by atoms with Crippen molar-refractivity contribution >= 4 is 48.3 Å². The zero-order valence-electron chi connectivity index (χ0n) is 26.1. The van der Waals surface area contributed by atoms with E-state index in [1.54, 1.807) is 6.20 Å². The van der Waals surface area contributed by atoms with Gasteiger partial charge in [0.15, 0.2) is 5.82 Å². The largest absolute Gasteiger partial charge is 0.489 e. The lowest BCUT2D eigenvalue weighted by Gasteiger charge is -2.23. The Labute approximate surface area is 251 Å². The van der Waals surface area contributed by atoms with E-state index in [9.17, 15) is 0 Å². The van der Waals surface area contributed by atoms with Crippen LogP contribution in [-0.2, 0) is 9.59 Å². The minimum atomic E-state index is 0.0322. The van der Waals surface area contributed by atoms with E-state index in [1.807, 2.05) is 58.6 Å². The topological polar surface area (TPSA) is 105 Å². The second-order valence-corrected chi connectivity index (χ2v) is 10.5. The molecule has 1 heterocycles. The summed E-state index contributed by atoms with van der Waals surface area (Å²) in [5.74, 6) is 2.59. The molecule has 0 fully saturated rings. The van der Waals surface area contributed by atoms with Crippen LogP contribution in [0.4, 0.5) is 23.1 Å². The number of halogens is 1. The molecule has 0 aliphatic rings. The molecule has 9 heteroatoms. The molecule has 0 radical (unpaired) electrons. The van der Waals surface area contributed by atoms with Gasteiger partial charge in [0.2, 0.25) is 5.95 Å². The molecule has 3 aromatic rings. The number of anilines is 4. The van der Waals surface area contributed by atoms with E-state index in [-0.39, 0.29) is 12.1 Å². The average molecular weight is 586 g/mol. The summed E-state index contributed by atoms with van der Waals surface area (Å²) in [6.45, 7) is 23.9. The number of para-hydroxylation sites is 1. The van der Waals surface area contributed by atoms with Gasteiger partial charge in [0, 0.05) is 11.7 Å². The highest BCUT2D eigenvalue weighted by molar-refractivity contribution is 6.32. The fourth-order valence-electron chi connectivity index (χ4n) is 3.73. The Morgan fingerprint density at radius 3 is 2.05 bits per heavy atom. The Morgan fingerprint density at radius 1 is 0.902 bits per heavy atom. The van der Waals surface area contributed by atoms with Crippen molar-refractivity contribution in [3.05, 3.63) is 64.3 Å². The van der Waals surface area contributed by atoms with E-state index < -0.39 is 0 Å². The monoisotopic (exact) mass is 585 g/mol. The Balaban J connectivity index is 0.00000180. The van der Waals surface area contributed by atoms with Crippen molar-refractivity contribution in [2.24, 2.45) is 5.92 Å². The lowest BCUT2D eigenvalue weighted by atomic mass is 9.98. The Bertz CT molecular complexity index is 1170. The molecule has 1 unspecified atom stereocenters. The molecule has 0 aliphatic carbocycles. The number of hydrogen-bond donors (Lipinski definition) is 3. The third kappa shape index (κ3) is 13.1. The Hall–Kier alpha value is -3.49. The second-order valence-electron chi connectivity index (χ2n) is 10.1. The quantitative estimate of drug-likeness (QED) is 0.218.